The lowest BCUT2D eigenvalue weighted by Crippen LogP contribution is -2.17. The molecule has 8 rings (SSSR count). The molecule has 0 spiro atoms. The van der Waals surface area contributed by atoms with Gasteiger partial charge >= 0.3 is 5.56 Å². The Hall–Kier alpha value is -4.58. The number of hydrogen-bond acceptors (Lipinski definition) is 3. The van der Waals surface area contributed by atoms with E-state index in [1.165, 1.54) is 0 Å². The minimum atomic E-state index is -0.118. The van der Waals surface area contributed by atoms with Crippen molar-refractivity contribution in [2.45, 2.75) is 27.7 Å². The molecule has 0 saturated carbocycles. The summed E-state index contributed by atoms with van der Waals surface area (Å²) >= 11 is 0. The molecular formula is C30H25N4O2+. The van der Waals surface area contributed by atoms with E-state index in [-0.39, 0.29) is 11.1 Å². The van der Waals surface area contributed by atoms with E-state index in [9.17, 15) is 9.59 Å². The van der Waals surface area contributed by atoms with Crippen LogP contribution in [0.1, 0.15) is 27.7 Å². The van der Waals surface area contributed by atoms with Crippen molar-refractivity contribution in [3.63, 3.8) is 0 Å². The number of H-pyrrole nitrogens is 1. The molecule has 0 atom stereocenters. The zero-order valence-corrected chi connectivity index (χ0v) is 20.6. The first-order valence-electron chi connectivity index (χ1n) is 12.4. The summed E-state index contributed by atoms with van der Waals surface area (Å²) < 4.78 is 3.41. The van der Waals surface area contributed by atoms with E-state index in [2.05, 4.69) is 4.98 Å². The Morgan fingerprint density at radius 2 is 1.17 bits per heavy atom. The van der Waals surface area contributed by atoms with E-state index in [1.807, 2.05) is 88.4 Å². The van der Waals surface area contributed by atoms with Gasteiger partial charge < -0.3 is 0 Å². The smallest absolute Gasteiger partial charge is 0.268 e. The average molecular weight is 474 g/mol. The first kappa shape index (κ1) is 21.9. The van der Waals surface area contributed by atoms with Crippen LogP contribution < -0.4 is 16.1 Å². The van der Waals surface area contributed by atoms with E-state index in [4.69, 9.17) is 4.98 Å². The molecule has 0 amide bonds. The van der Waals surface area contributed by atoms with Gasteiger partial charge in [0.25, 0.3) is 11.2 Å². The molecule has 6 nitrogen and oxygen atoms in total. The number of hydrogen-bond donors (Lipinski definition) is 0. The summed E-state index contributed by atoms with van der Waals surface area (Å²) in [5, 5.41) is 4.57. The van der Waals surface area contributed by atoms with Gasteiger partial charge in [0.2, 0.25) is 0 Å². The Morgan fingerprint density at radius 3 is 1.92 bits per heavy atom. The van der Waals surface area contributed by atoms with E-state index in [0.29, 0.717) is 16.4 Å². The Balaban J connectivity index is 0.000000575. The Bertz CT molecular complexity index is 2030. The largest absolute Gasteiger partial charge is 0.347 e. The number of fused-ring (bicyclic) bond motifs is 8. The Kier molecular flexibility index (Phi) is 4.86. The number of nitrogens with zero attached hydrogens (tertiary/aromatic N) is 3. The maximum absolute atomic E-state index is 13.6. The summed E-state index contributed by atoms with van der Waals surface area (Å²) in [4.78, 5) is 35.4. The van der Waals surface area contributed by atoms with Crippen molar-refractivity contribution in [1.82, 2.24) is 13.8 Å². The van der Waals surface area contributed by atoms with E-state index in [1.54, 1.807) is 20.9 Å². The minimum Gasteiger partial charge on any atom is -0.268 e. The van der Waals surface area contributed by atoms with Crippen LogP contribution in [0.5, 0.6) is 0 Å². The molecular weight excluding hydrogens is 448 g/mol. The van der Waals surface area contributed by atoms with Crippen molar-refractivity contribution in [2.75, 3.05) is 0 Å². The zero-order chi connectivity index (χ0) is 25.1. The molecule has 0 radical (unpaired) electrons. The number of aromatic nitrogens is 4. The zero-order valence-electron chi connectivity index (χ0n) is 20.6. The first-order chi connectivity index (χ1) is 17.7. The molecule has 36 heavy (non-hydrogen) atoms. The summed E-state index contributed by atoms with van der Waals surface area (Å²) in [6, 6.07) is 23.0. The van der Waals surface area contributed by atoms with E-state index in [0.717, 1.165) is 49.3 Å². The van der Waals surface area contributed by atoms with Gasteiger partial charge in [-0.2, -0.15) is 4.40 Å². The second-order valence-electron chi connectivity index (χ2n) is 8.27. The van der Waals surface area contributed by atoms with E-state index < -0.39 is 0 Å². The third-order valence-electron chi connectivity index (χ3n) is 6.71. The average Bonchev–Trinajstić information content (AvgIpc) is 3.52. The molecule has 0 saturated heterocycles. The highest BCUT2D eigenvalue weighted by Gasteiger charge is 2.25. The van der Waals surface area contributed by atoms with Crippen LogP contribution in [0.15, 0.2) is 82.4 Å². The van der Waals surface area contributed by atoms with Crippen LogP contribution in [0, 0.1) is 0 Å². The quantitative estimate of drug-likeness (QED) is 0.261. The molecule has 0 bridgehead atoms. The second-order valence-corrected chi connectivity index (χ2v) is 8.27. The van der Waals surface area contributed by atoms with E-state index >= 15 is 0 Å². The molecule has 0 unspecified atom stereocenters. The van der Waals surface area contributed by atoms with Gasteiger partial charge in [-0.05, 0) is 48.5 Å². The van der Waals surface area contributed by atoms with Crippen LogP contribution in [0.3, 0.4) is 0 Å². The predicted molar refractivity (Wildman–Crippen MR) is 148 cm³/mol. The van der Waals surface area contributed by atoms with Crippen LogP contribution in [0.2, 0.25) is 0 Å². The SMILES string of the molecule is CC.CC.O=c1c2ccc3c(=O)n4c5ccccc5[nH+]c4c4ccc(c2c34)c2nc3ccccc3n12. The molecule has 0 aliphatic heterocycles. The normalized spacial score (nSPS) is 11.6. The third-order valence-corrected chi connectivity index (χ3v) is 6.71. The maximum Gasteiger partial charge on any atom is 0.347 e. The lowest BCUT2D eigenvalue weighted by Gasteiger charge is -2.10. The molecule has 0 aliphatic carbocycles. The number of pyridine rings is 2. The molecule has 4 heterocycles. The van der Waals surface area contributed by atoms with Crippen molar-refractivity contribution < 1.29 is 4.98 Å². The molecule has 1 N–H and O–H groups in total. The van der Waals surface area contributed by atoms with Crippen LogP contribution in [0.25, 0.3) is 65.7 Å². The lowest BCUT2D eigenvalue weighted by molar-refractivity contribution is -0.310. The van der Waals surface area contributed by atoms with Crippen molar-refractivity contribution in [3.05, 3.63) is 93.5 Å². The van der Waals surface area contributed by atoms with Crippen LogP contribution in [0.4, 0.5) is 0 Å². The van der Waals surface area contributed by atoms with Crippen LogP contribution in [-0.2, 0) is 0 Å². The fourth-order valence-corrected chi connectivity index (χ4v) is 5.37. The molecule has 0 aliphatic rings. The van der Waals surface area contributed by atoms with Crippen molar-refractivity contribution in [1.29, 1.82) is 0 Å². The Morgan fingerprint density at radius 1 is 0.611 bits per heavy atom. The maximum atomic E-state index is 13.6. The van der Waals surface area contributed by atoms with Crippen LogP contribution >= 0.6 is 0 Å². The molecule has 4 aromatic heterocycles. The van der Waals surface area contributed by atoms with Crippen molar-refractivity contribution in [3.8, 4) is 0 Å². The van der Waals surface area contributed by atoms with Crippen molar-refractivity contribution >= 4 is 65.7 Å². The summed E-state index contributed by atoms with van der Waals surface area (Å²) in [5.41, 5.74) is 4.44. The minimum absolute atomic E-state index is 0.0971. The topological polar surface area (TPSA) is 70.0 Å². The number of nitrogens with one attached hydrogen (secondary N) is 1. The number of benzene rings is 4. The fourth-order valence-electron chi connectivity index (χ4n) is 5.37. The molecule has 6 heteroatoms. The highest BCUT2D eigenvalue weighted by Crippen LogP contribution is 2.35. The lowest BCUT2D eigenvalue weighted by atomic mass is 9.96. The summed E-state index contributed by atoms with van der Waals surface area (Å²) in [6.07, 6.45) is 0. The molecule has 0 fully saturated rings. The van der Waals surface area contributed by atoms with Gasteiger partial charge in [-0.15, -0.1) is 0 Å². The van der Waals surface area contributed by atoms with Gasteiger partial charge in [0, 0.05) is 21.5 Å². The third kappa shape index (κ3) is 2.61. The second kappa shape index (κ2) is 7.99. The first-order valence-corrected chi connectivity index (χ1v) is 12.4. The number of rotatable bonds is 0. The Labute approximate surface area is 205 Å². The van der Waals surface area contributed by atoms with Gasteiger partial charge in [0.15, 0.2) is 11.0 Å². The van der Waals surface area contributed by atoms with Gasteiger partial charge in [0.05, 0.1) is 21.8 Å². The van der Waals surface area contributed by atoms with Gasteiger partial charge in [-0.3, -0.25) is 9.20 Å². The van der Waals surface area contributed by atoms with Gasteiger partial charge in [0.1, 0.15) is 5.65 Å². The van der Waals surface area contributed by atoms with Gasteiger partial charge in [-0.25, -0.2) is 14.8 Å². The highest BCUT2D eigenvalue weighted by molar-refractivity contribution is 6.27. The molecule has 8 aromatic rings. The summed E-state index contributed by atoms with van der Waals surface area (Å²) in [7, 11) is 0. The van der Waals surface area contributed by atoms with Crippen LogP contribution in [-0.4, -0.2) is 13.8 Å². The summed E-state index contributed by atoms with van der Waals surface area (Å²) in [6.45, 7) is 8.00. The molecule has 4 aromatic carbocycles. The fraction of sp³-hybridized carbons (Fsp3) is 0.133. The number of imidazole rings is 2. The van der Waals surface area contributed by atoms with Crippen molar-refractivity contribution in [2.24, 2.45) is 0 Å². The van der Waals surface area contributed by atoms with Gasteiger partial charge in [-0.1, -0.05) is 52.0 Å². The summed E-state index contributed by atoms with van der Waals surface area (Å²) in [5.74, 6) is 0. The molecule has 176 valence electrons. The number of para-hydroxylation sites is 4. The standard InChI is InChI=1S/C26H12N4O2.2C2H6/c31-25-15-11-12-16-22-14(24-28-18-6-2-4-8-20(18)30(24)26(16)32)10-9-13(21(15)22)23-27-17-5-1-3-7-19(17)29(23)25;2*1-2/h1-12H;2*1-2H3/p+1. The highest BCUT2D eigenvalue weighted by atomic mass is 16.1. The monoisotopic (exact) mass is 473 g/mol. The predicted octanol–water partition coefficient (Wildman–Crippen LogP) is 5.82. The number of aromatic amines is 1.